The third-order valence-corrected chi connectivity index (χ3v) is 4.21. The van der Waals surface area contributed by atoms with Crippen LogP contribution in [0.4, 0.5) is 10.1 Å². The highest BCUT2D eigenvalue weighted by Crippen LogP contribution is 2.17. The summed E-state index contributed by atoms with van der Waals surface area (Å²) in [5, 5.41) is 2.67. The van der Waals surface area contributed by atoms with Gasteiger partial charge in [0.2, 0.25) is 0 Å². The minimum Gasteiger partial charge on any atom is -0.487 e. The summed E-state index contributed by atoms with van der Waals surface area (Å²) >= 11 is 0. The van der Waals surface area contributed by atoms with Crippen LogP contribution in [-0.4, -0.2) is 15.3 Å². The zero-order valence-corrected chi connectivity index (χ0v) is 15.2. The Morgan fingerprint density at radius 3 is 2.82 bits per heavy atom. The van der Waals surface area contributed by atoms with Gasteiger partial charge in [0.25, 0.3) is 5.91 Å². The zero-order valence-electron chi connectivity index (χ0n) is 15.2. The van der Waals surface area contributed by atoms with Gasteiger partial charge >= 0.3 is 0 Å². The van der Waals surface area contributed by atoms with Crippen LogP contribution >= 0.6 is 0 Å². The summed E-state index contributed by atoms with van der Waals surface area (Å²) in [6.45, 7) is 2.31. The van der Waals surface area contributed by atoms with E-state index in [1.807, 2.05) is 35.9 Å². The number of ether oxygens (including phenoxy) is 1. The lowest BCUT2D eigenvalue weighted by atomic mass is 10.2. The third-order valence-electron chi connectivity index (χ3n) is 4.21. The van der Waals surface area contributed by atoms with Crippen molar-refractivity contribution in [2.24, 2.45) is 0 Å². The molecule has 0 saturated carbocycles. The molecule has 1 amide bonds. The van der Waals surface area contributed by atoms with Crippen molar-refractivity contribution < 1.29 is 13.9 Å². The molecule has 2 aromatic heterocycles. The Balaban J connectivity index is 1.44. The second kappa shape index (κ2) is 7.52. The number of fused-ring (bicyclic) bond motifs is 1. The zero-order chi connectivity index (χ0) is 19.5. The fourth-order valence-electron chi connectivity index (χ4n) is 2.88. The lowest BCUT2D eigenvalue weighted by Gasteiger charge is -2.08. The van der Waals surface area contributed by atoms with Crippen molar-refractivity contribution >= 4 is 17.2 Å². The summed E-state index contributed by atoms with van der Waals surface area (Å²) in [7, 11) is 0. The number of carbonyl (C=O) groups excluding carboxylic acids is 1. The summed E-state index contributed by atoms with van der Waals surface area (Å²) in [4.78, 5) is 16.9. The molecule has 6 heteroatoms. The van der Waals surface area contributed by atoms with Crippen molar-refractivity contribution in [3.05, 3.63) is 95.7 Å². The molecule has 0 saturated heterocycles. The van der Waals surface area contributed by atoms with Gasteiger partial charge in [-0.25, -0.2) is 9.37 Å². The van der Waals surface area contributed by atoms with Gasteiger partial charge in [0.15, 0.2) is 0 Å². The van der Waals surface area contributed by atoms with Gasteiger partial charge in [0.05, 0.1) is 5.69 Å². The number of nitrogens with zero attached hydrogens (tertiary/aromatic N) is 2. The maximum atomic E-state index is 13.3. The molecule has 0 aliphatic carbocycles. The molecule has 2 heterocycles. The average molecular weight is 375 g/mol. The van der Waals surface area contributed by atoms with Gasteiger partial charge < -0.3 is 14.5 Å². The van der Waals surface area contributed by atoms with Gasteiger partial charge in [0.1, 0.15) is 23.8 Å². The fraction of sp³-hybridized carbons (Fsp3) is 0.0909. The predicted octanol–water partition coefficient (Wildman–Crippen LogP) is 4.61. The second-order valence-electron chi connectivity index (χ2n) is 6.49. The topological polar surface area (TPSA) is 55.6 Å². The molecule has 0 aliphatic rings. The van der Waals surface area contributed by atoms with Gasteiger partial charge in [-0.05, 0) is 55.0 Å². The van der Waals surface area contributed by atoms with Gasteiger partial charge in [-0.1, -0.05) is 18.2 Å². The molecule has 4 aromatic rings. The lowest BCUT2D eigenvalue weighted by Crippen LogP contribution is -2.12. The number of carbonyl (C=O) groups is 1. The number of nitrogens with one attached hydrogen (secondary N) is 1. The van der Waals surface area contributed by atoms with Crippen LogP contribution in [-0.2, 0) is 6.61 Å². The maximum Gasteiger partial charge on any atom is 0.255 e. The van der Waals surface area contributed by atoms with Crippen LogP contribution in [0.2, 0.25) is 0 Å². The minimum atomic E-state index is -0.405. The van der Waals surface area contributed by atoms with Crippen LogP contribution in [0, 0.1) is 12.7 Å². The summed E-state index contributed by atoms with van der Waals surface area (Å²) in [5.41, 5.74) is 3.62. The van der Waals surface area contributed by atoms with E-state index in [1.54, 1.807) is 36.4 Å². The Morgan fingerprint density at radius 1 is 1.11 bits per heavy atom. The minimum absolute atomic E-state index is 0.287. The van der Waals surface area contributed by atoms with E-state index in [-0.39, 0.29) is 12.5 Å². The van der Waals surface area contributed by atoms with E-state index in [0.29, 0.717) is 17.0 Å². The Hall–Kier alpha value is -3.67. The van der Waals surface area contributed by atoms with Crippen molar-refractivity contribution in [1.82, 2.24) is 9.38 Å². The molecule has 2 aromatic carbocycles. The summed E-state index contributed by atoms with van der Waals surface area (Å²) < 4.78 is 21.0. The number of halogens is 1. The van der Waals surface area contributed by atoms with Gasteiger partial charge in [-0.3, -0.25) is 4.79 Å². The van der Waals surface area contributed by atoms with E-state index in [2.05, 4.69) is 10.3 Å². The number of amides is 1. The monoisotopic (exact) mass is 375 g/mol. The molecule has 0 fully saturated rings. The molecular weight excluding hydrogens is 357 g/mol. The number of benzene rings is 2. The SMILES string of the molecule is Cc1ccc2nc(COc3cccc(C(=O)Nc4cccc(F)c4)c3)cn2c1. The first-order valence-corrected chi connectivity index (χ1v) is 8.81. The molecule has 0 spiro atoms. The lowest BCUT2D eigenvalue weighted by molar-refractivity contribution is 0.102. The van der Waals surface area contributed by atoms with Crippen molar-refractivity contribution in [3.63, 3.8) is 0 Å². The molecule has 0 bridgehead atoms. The molecule has 1 N–H and O–H groups in total. The molecule has 5 nitrogen and oxygen atoms in total. The first-order chi connectivity index (χ1) is 13.6. The van der Waals surface area contributed by atoms with Crippen molar-refractivity contribution in [2.75, 3.05) is 5.32 Å². The maximum absolute atomic E-state index is 13.3. The predicted molar refractivity (Wildman–Crippen MR) is 105 cm³/mol. The van der Waals surface area contributed by atoms with Gasteiger partial charge in [-0.15, -0.1) is 0 Å². The van der Waals surface area contributed by atoms with E-state index >= 15 is 0 Å². The molecule has 0 radical (unpaired) electrons. The normalized spacial score (nSPS) is 10.8. The van der Waals surface area contributed by atoms with Crippen LogP contribution in [0.15, 0.2) is 73.1 Å². The fourth-order valence-corrected chi connectivity index (χ4v) is 2.88. The average Bonchev–Trinajstić information content (AvgIpc) is 3.08. The number of anilines is 1. The Kier molecular flexibility index (Phi) is 4.76. The van der Waals surface area contributed by atoms with Crippen LogP contribution in [0.25, 0.3) is 5.65 Å². The number of rotatable bonds is 5. The number of hydrogen-bond donors (Lipinski definition) is 1. The molecule has 28 heavy (non-hydrogen) atoms. The number of hydrogen-bond acceptors (Lipinski definition) is 3. The first kappa shape index (κ1) is 17.7. The summed E-state index contributed by atoms with van der Waals surface area (Å²) in [6.07, 6.45) is 3.92. The summed E-state index contributed by atoms with van der Waals surface area (Å²) in [6, 6.07) is 16.6. The molecule has 140 valence electrons. The van der Waals surface area contributed by atoms with E-state index in [4.69, 9.17) is 4.74 Å². The number of aromatic nitrogens is 2. The van der Waals surface area contributed by atoms with E-state index in [1.165, 1.54) is 12.1 Å². The van der Waals surface area contributed by atoms with Crippen LogP contribution in [0.1, 0.15) is 21.6 Å². The smallest absolute Gasteiger partial charge is 0.255 e. The Bertz CT molecular complexity index is 1150. The first-order valence-electron chi connectivity index (χ1n) is 8.81. The van der Waals surface area contributed by atoms with E-state index < -0.39 is 5.82 Å². The van der Waals surface area contributed by atoms with Crippen molar-refractivity contribution in [2.45, 2.75) is 13.5 Å². The highest BCUT2D eigenvalue weighted by Gasteiger charge is 2.09. The third kappa shape index (κ3) is 4.01. The second-order valence-corrected chi connectivity index (χ2v) is 6.49. The Morgan fingerprint density at radius 2 is 1.96 bits per heavy atom. The van der Waals surface area contributed by atoms with Crippen LogP contribution in [0.3, 0.4) is 0 Å². The van der Waals surface area contributed by atoms with Crippen LogP contribution in [0.5, 0.6) is 5.75 Å². The molecule has 4 rings (SSSR count). The van der Waals surface area contributed by atoms with E-state index in [9.17, 15) is 9.18 Å². The molecule has 0 unspecified atom stereocenters. The van der Waals surface area contributed by atoms with Gasteiger partial charge in [0, 0.05) is 23.6 Å². The molecule has 0 aliphatic heterocycles. The van der Waals surface area contributed by atoms with Crippen molar-refractivity contribution in [1.29, 1.82) is 0 Å². The number of imidazole rings is 1. The standard InChI is InChI=1S/C22H18FN3O2/c1-15-8-9-21-24-19(13-26(21)12-15)14-28-20-7-2-4-16(10-20)22(27)25-18-6-3-5-17(23)11-18/h2-13H,14H2,1H3,(H,25,27). The Labute approximate surface area is 161 Å². The quantitative estimate of drug-likeness (QED) is 0.554. The molecule has 0 atom stereocenters. The van der Waals surface area contributed by atoms with E-state index in [0.717, 1.165) is 16.9 Å². The number of aryl methyl sites for hydroxylation is 1. The van der Waals surface area contributed by atoms with Gasteiger partial charge in [-0.2, -0.15) is 0 Å². The molecular formula is C22H18FN3O2. The summed E-state index contributed by atoms with van der Waals surface area (Å²) in [5.74, 6) is -0.183. The number of pyridine rings is 1. The highest BCUT2D eigenvalue weighted by molar-refractivity contribution is 6.04. The highest BCUT2D eigenvalue weighted by atomic mass is 19.1. The van der Waals surface area contributed by atoms with Crippen LogP contribution < -0.4 is 10.1 Å². The largest absolute Gasteiger partial charge is 0.487 e. The van der Waals surface area contributed by atoms with Crippen molar-refractivity contribution in [3.8, 4) is 5.75 Å².